The van der Waals surface area contributed by atoms with Gasteiger partial charge in [-0.1, -0.05) is 12.1 Å². The molecule has 1 heterocycles. The lowest BCUT2D eigenvalue weighted by molar-refractivity contribution is 0.0690. The zero-order chi connectivity index (χ0) is 17.7. The van der Waals surface area contributed by atoms with E-state index in [1.54, 1.807) is 7.11 Å². The van der Waals surface area contributed by atoms with Crippen molar-refractivity contribution in [2.45, 2.75) is 25.8 Å². The number of carbonyl (C=O) groups excluding carboxylic acids is 1. The summed E-state index contributed by atoms with van der Waals surface area (Å²) < 4.78 is 5.13. The normalized spacial score (nSPS) is 11.0. The van der Waals surface area contributed by atoms with Crippen LogP contribution in [0.15, 0.2) is 42.6 Å². The van der Waals surface area contributed by atoms with Crippen molar-refractivity contribution < 1.29 is 19.4 Å². The van der Waals surface area contributed by atoms with Crippen molar-refractivity contribution in [1.29, 1.82) is 0 Å². The van der Waals surface area contributed by atoms with E-state index in [1.165, 1.54) is 18.3 Å². The minimum atomic E-state index is -1.16. The lowest BCUT2D eigenvalue weighted by Crippen LogP contribution is -2.45. The molecule has 2 aromatic rings. The van der Waals surface area contributed by atoms with Crippen molar-refractivity contribution in [2.75, 3.05) is 7.11 Å². The number of nitrogens with zero attached hydrogens (tertiary/aromatic N) is 1. The van der Waals surface area contributed by atoms with Gasteiger partial charge in [-0.25, -0.2) is 9.78 Å². The van der Waals surface area contributed by atoms with Gasteiger partial charge in [0.2, 0.25) is 0 Å². The molecule has 2 N–H and O–H groups in total. The number of carboxylic acids is 1. The maximum atomic E-state index is 12.4. The van der Waals surface area contributed by atoms with E-state index < -0.39 is 11.5 Å². The molecule has 1 aromatic heterocycles. The summed E-state index contributed by atoms with van der Waals surface area (Å²) in [5.41, 5.74) is 0.668. The molecule has 24 heavy (non-hydrogen) atoms. The molecule has 0 saturated carbocycles. The Morgan fingerprint density at radius 3 is 2.46 bits per heavy atom. The van der Waals surface area contributed by atoms with Gasteiger partial charge in [-0.3, -0.25) is 4.79 Å². The fourth-order valence-electron chi connectivity index (χ4n) is 2.37. The van der Waals surface area contributed by atoms with Gasteiger partial charge in [-0.05, 0) is 50.1 Å². The lowest BCUT2D eigenvalue weighted by Gasteiger charge is -2.26. The number of benzene rings is 1. The second-order valence-electron chi connectivity index (χ2n) is 6.10. The van der Waals surface area contributed by atoms with E-state index in [0.29, 0.717) is 6.42 Å². The highest BCUT2D eigenvalue weighted by atomic mass is 16.5. The average molecular weight is 328 g/mol. The molecule has 0 aliphatic rings. The van der Waals surface area contributed by atoms with Crippen LogP contribution in [-0.2, 0) is 6.42 Å². The molecule has 126 valence electrons. The summed E-state index contributed by atoms with van der Waals surface area (Å²) in [6, 6.07) is 10.4. The zero-order valence-electron chi connectivity index (χ0n) is 13.9. The van der Waals surface area contributed by atoms with Crippen LogP contribution < -0.4 is 10.1 Å². The highest BCUT2D eigenvalue weighted by Gasteiger charge is 2.22. The van der Waals surface area contributed by atoms with Crippen LogP contribution in [0.3, 0.4) is 0 Å². The van der Waals surface area contributed by atoms with Crippen LogP contribution in [0.25, 0.3) is 0 Å². The molecule has 0 aliphatic heterocycles. The third-order valence-corrected chi connectivity index (χ3v) is 3.50. The summed E-state index contributed by atoms with van der Waals surface area (Å²) in [4.78, 5) is 27.0. The third-order valence-electron chi connectivity index (χ3n) is 3.50. The van der Waals surface area contributed by atoms with E-state index >= 15 is 0 Å². The van der Waals surface area contributed by atoms with Crippen molar-refractivity contribution in [3.63, 3.8) is 0 Å². The Kier molecular flexibility index (Phi) is 5.18. The minimum absolute atomic E-state index is 0.157. The number of hydrogen-bond donors (Lipinski definition) is 2. The predicted molar refractivity (Wildman–Crippen MR) is 89.4 cm³/mol. The van der Waals surface area contributed by atoms with Gasteiger partial charge in [0.15, 0.2) is 0 Å². The minimum Gasteiger partial charge on any atom is -0.497 e. The zero-order valence-corrected chi connectivity index (χ0v) is 13.9. The summed E-state index contributed by atoms with van der Waals surface area (Å²) in [6.07, 6.45) is 1.94. The number of aromatic carboxylic acids is 1. The molecule has 0 unspecified atom stereocenters. The summed E-state index contributed by atoms with van der Waals surface area (Å²) >= 11 is 0. The van der Waals surface area contributed by atoms with Crippen LogP contribution in [-0.4, -0.2) is 34.6 Å². The van der Waals surface area contributed by atoms with Crippen LogP contribution in [0.4, 0.5) is 0 Å². The Bertz CT molecular complexity index is 739. The monoisotopic (exact) mass is 328 g/mol. The Labute approximate surface area is 140 Å². The number of hydrogen-bond acceptors (Lipinski definition) is 4. The van der Waals surface area contributed by atoms with Crippen molar-refractivity contribution in [2.24, 2.45) is 0 Å². The molecule has 2 rings (SSSR count). The van der Waals surface area contributed by atoms with Crippen LogP contribution in [0.2, 0.25) is 0 Å². The van der Waals surface area contributed by atoms with Crippen molar-refractivity contribution >= 4 is 11.9 Å². The van der Waals surface area contributed by atoms with Gasteiger partial charge in [-0.2, -0.15) is 0 Å². The molecular formula is C18H20N2O4. The second-order valence-corrected chi connectivity index (χ2v) is 6.10. The number of aromatic nitrogens is 1. The molecule has 1 amide bonds. The first-order valence-electron chi connectivity index (χ1n) is 7.45. The summed E-state index contributed by atoms with van der Waals surface area (Å²) in [5, 5.41) is 11.9. The molecule has 6 heteroatoms. The van der Waals surface area contributed by atoms with E-state index in [-0.39, 0.29) is 17.2 Å². The molecule has 0 fully saturated rings. The van der Waals surface area contributed by atoms with Gasteiger partial charge in [0, 0.05) is 17.3 Å². The number of amides is 1. The van der Waals surface area contributed by atoms with Crippen LogP contribution in [0.5, 0.6) is 5.75 Å². The van der Waals surface area contributed by atoms with Crippen LogP contribution in [0.1, 0.15) is 40.3 Å². The van der Waals surface area contributed by atoms with Gasteiger partial charge >= 0.3 is 5.97 Å². The summed E-state index contributed by atoms with van der Waals surface area (Å²) in [6.45, 7) is 3.82. The number of carbonyl (C=O) groups is 2. The van der Waals surface area contributed by atoms with E-state index in [2.05, 4.69) is 10.3 Å². The quantitative estimate of drug-likeness (QED) is 0.851. The highest BCUT2D eigenvalue weighted by Crippen LogP contribution is 2.17. The average Bonchev–Trinajstić information content (AvgIpc) is 2.54. The largest absolute Gasteiger partial charge is 0.497 e. The van der Waals surface area contributed by atoms with E-state index in [4.69, 9.17) is 9.84 Å². The lowest BCUT2D eigenvalue weighted by atomic mass is 9.94. The van der Waals surface area contributed by atoms with Crippen LogP contribution >= 0.6 is 0 Å². The first-order chi connectivity index (χ1) is 11.3. The molecular weight excluding hydrogens is 308 g/mol. The number of carboxylic acid groups (broad SMARTS) is 1. The first kappa shape index (κ1) is 17.5. The fourth-order valence-corrected chi connectivity index (χ4v) is 2.37. The van der Waals surface area contributed by atoms with Gasteiger partial charge in [0.25, 0.3) is 5.91 Å². The third kappa shape index (κ3) is 4.55. The van der Waals surface area contributed by atoms with Crippen molar-refractivity contribution in [1.82, 2.24) is 10.3 Å². The molecule has 6 nitrogen and oxygen atoms in total. The van der Waals surface area contributed by atoms with E-state index in [1.807, 2.05) is 38.1 Å². The Hall–Kier alpha value is -2.89. The molecule has 0 aliphatic carbocycles. The summed E-state index contributed by atoms with van der Waals surface area (Å²) in [7, 11) is 1.61. The number of rotatable bonds is 6. The molecule has 0 spiro atoms. The smallest absolute Gasteiger partial charge is 0.354 e. The molecule has 0 atom stereocenters. The van der Waals surface area contributed by atoms with Crippen molar-refractivity contribution in [3.05, 3.63) is 59.4 Å². The number of pyridine rings is 1. The molecule has 0 saturated heterocycles. The number of methoxy groups -OCH3 is 1. The van der Waals surface area contributed by atoms with Crippen LogP contribution in [0, 0.1) is 0 Å². The predicted octanol–water partition coefficient (Wildman–Crippen LogP) is 2.54. The molecule has 1 aromatic carbocycles. The van der Waals surface area contributed by atoms with E-state index in [9.17, 15) is 9.59 Å². The summed E-state index contributed by atoms with van der Waals surface area (Å²) in [5.74, 6) is -0.723. The standard InChI is InChI=1S/C18H20N2O4/c1-18(2,11-12-4-6-14(24-3)7-5-12)20-16(21)13-8-9-19-15(10-13)17(22)23/h4-10H,11H2,1-3H3,(H,20,21)(H,22,23). The Morgan fingerprint density at radius 1 is 1.21 bits per heavy atom. The van der Waals surface area contributed by atoms with Gasteiger partial charge in [-0.15, -0.1) is 0 Å². The SMILES string of the molecule is COc1ccc(CC(C)(C)NC(=O)c2ccnc(C(=O)O)c2)cc1. The number of ether oxygens (including phenoxy) is 1. The topological polar surface area (TPSA) is 88.5 Å². The van der Waals surface area contributed by atoms with E-state index in [0.717, 1.165) is 11.3 Å². The van der Waals surface area contributed by atoms with Gasteiger partial charge in [0.05, 0.1) is 7.11 Å². The maximum Gasteiger partial charge on any atom is 0.354 e. The molecule has 0 bridgehead atoms. The first-order valence-corrected chi connectivity index (χ1v) is 7.45. The van der Waals surface area contributed by atoms with Crippen molar-refractivity contribution in [3.8, 4) is 5.75 Å². The fraction of sp³-hybridized carbons (Fsp3) is 0.278. The maximum absolute atomic E-state index is 12.4. The van der Waals surface area contributed by atoms with Gasteiger partial charge < -0.3 is 15.2 Å². The Morgan fingerprint density at radius 2 is 1.88 bits per heavy atom. The van der Waals surface area contributed by atoms with Gasteiger partial charge in [0.1, 0.15) is 11.4 Å². The number of nitrogens with one attached hydrogen (secondary N) is 1. The highest BCUT2D eigenvalue weighted by molar-refractivity contribution is 5.97. The molecule has 0 radical (unpaired) electrons. The Balaban J connectivity index is 2.08. The second kappa shape index (κ2) is 7.12.